The van der Waals surface area contributed by atoms with Crippen LogP contribution in [0.15, 0.2) is 30.5 Å². The standard InChI is InChI=1S/C20H24N2O3/c1-14-3-4-17(21-12-14)10-20(23)19-11-18(9-15(2)22-19)25-13-16-5-7-24-8-6-16/h3-4,9,11-12,16H,5-8,10,13H2,1-2H3. The summed E-state index contributed by atoms with van der Waals surface area (Å²) in [5.41, 5.74) is 3.05. The monoisotopic (exact) mass is 340 g/mol. The number of carbonyl (C=O) groups is 1. The minimum Gasteiger partial charge on any atom is -0.493 e. The van der Waals surface area contributed by atoms with Crippen molar-refractivity contribution in [2.24, 2.45) is 5.92 Å². The lowest BCUT2D eigenvalue weighted by molar-refractivity contribution is 0.0497. The molecule has 0 aliphatic carbocycles. The van der Waals surface area contributed by atoms with E-state index in [4.69, 9.17) is 9.47 Å². The number of pyridine rings is 2. The molecule has 0 aromatic carbocycles. The van der Waals surface area contributed by atoms with Gasteiger partial charge in [0.05, 0.1) is 13.0 Å². The Morgan fingerprint density at radius 3 is 2.76 bits per heavy atom. The Labute approximate surface area is 148 Å². The highest BCUT2D eigenvalue weighted by Gasteiger charge is 2.16. The molecule has 2 aromatic rings. The molecule has 0 radical (unpaired) electrons. The lowest BCUT2D eigenvalue weighted by atomic mass is 10.0. The Balaban J connectivity index is 1.65. The van der Waals surface area contributed by atoms with E-state index in [0.717, 1.165) is 43.0 Å². The summed E-state index contributed by atoms with van der Waals surface area (Å²) in [5, 5.41) is 0. The molecule has 5 nitrogen and oxygen atoms in total. The van der Waals surface area contributed by atoms with Gasteiger partial charge >= 0.3 is 0 Å². The number of hydrogen-bond donors (Lipinski definition) is 0. The van der Waals surface area contributed by atoms with Crippen molar-refractivity contribution < 1.29 is 14.3 Å². The zero-order valence-corrected chi connectivity index (χ0v) is 14.8. The number of carbonyl (C=O) groups excluding carboxylic acids is 1. The number of ketones is 1. The van der Waals surface area contributed by atoms with Crippen molar-refractivity contribution in [1.82, 2.24) is 9.97 Å². The Morgan fingerprint density at radius 1 is 1.24 bits per heavy atom. The molecule has 3 heterocycles. The van der Waals surface area contributed by atoms with Gasteiger partial charge in [0.15, 0.2) is 5.78 Å². The second-order valence-electron chi connectivity index (χ2n) is 6.62. The minimum absolute atomic E-state index is 0.0454. The van der Waals surface area contributed by atoms with E-state index in [9.17, 15) is 4.79 Å². The summed E-state index contributed by atoms with van der Waals surface area (Å²) in [6.45, 7) is 6.11. The highest BCUT2D eigenvalue weighted by molar-refractivity contribution is 5.95. The van der Waals surface area contributed by atoms with Gasteiger partial charge in [-0.2, -0.15) is 0 Å². The second-order valence-corrected chi connectivity index (χ2v) is 6.62. The summed E-state index contributed by atoms with van der Waals surface area (Å²) >= 11 is 0. The zero-order valence-electron chi connectivity index (χ0n) is 14.8. The van der Waals surface area contributed by atoms with Crippen LogP contribution >= 0.6 is 0 Å². The SMILES string of the molecule is Cc1ccc(CC(=O)c2cc(OCC3CCOCC3)cc(C)n2)nc1. The minimum atomic E-state index is -0.0454. The fourth-order valence-corrected chi connectivity index (χ4v) is 2.85. The summed E-state index contributed by atoms with van der Waals surface area (Å²) < 4.78 is 11.3. The fourth-order valence-electron chi connectivity index (χ4n) is 2.85. The van der Waals surface area contributed by atoms with Crippen molar-refractivity contribution in [1.29, 1.82) is 0 Å². The molecule has 3 rings (SSSR count). The van der Waals surface area contributed by atoms with Crippen molar-refractivity contribution in [2.45, 2.75) is 33.1 Å². The normalized spacial score (nSPS) is 15.1. The Hall–Kier alpha value is -2.27. The molecule has 1 fully saturated rings. The van der Waals surface area contributed by atoms with Crippen LogP contribution in [0.3, 0.4) is 0 Å². The van der Waals surface area contributed by atoms with E-state index < -0.39 is 0 Å². The average molecular weight is 340 g/mol. The van der Waals surface area contributed by atoms with Crippen molar-refractivity contribution in [3.8, 4) is 5.75 Å². The van der Waals surface area contributed by atoms with Crippen molar-refractivity contribution in [3.05, 3.63) is 53.1 Å². The lowest BCUT2D eigenvalue weighted by Gasteiger charge is -2.22. The maximum atomic E-state index is 12.5. The maximum Gasteiger partial charge on any atom is 0.187 e. The smallest absolute Gasteiger partial charge is 0.187 e. The number of Topliss-reactive ketones (excluding diaryl/α,β-unsaturated/α-hetero) is 1. The third-order valence-electron chi connectivity index (χ3n) is 4.35. The average Bonchev–Trinajstić information content (AvgIpc) is 2.62. The molecule has 0 bridgehead atoms. The molecule has 0 atom stereocenters. The summed E-state index contributed by atoms with van der Waals surface area (Å²) in [7, 11) is 0. The molecule has 1 saturated heterocycles. The summed E-state index contributed by atoms with van der Waals surface area (Å²) in [6.07, 6.45) is 4.06. The molecule has 0 amide bonds. The van der Waals surface area contributed by atoms with E-state index in [2.05, 4.69) is 9.97 Å². The number of rotatable bonds is 6. The molecular formula is C20H24N2O3. The molecule has 0 N–H and O–H groups in total. The zero-order chi connectivity index (χ0) is 17.6. The molecule has 1 aliphatic rings. The third-order valence-corrected chi connectivity index (χ3v) is 4.35. The Bertz CT molecular complexity index is 722. The van der Waals surface area contributed by atoms with Gasteiger partial charge in [-0.1, -0.05) is 6.07 Å². The van der Waals surface area contributed by atoms with Crippen LogP contribution < -0.4 is 4.74 Å². The van der Waals surface area contributed by atoms with Crippen LogP contribution in [0.25, 0.3) is 0 Å². The van der Waals surface area contributed by atoms with Crippen LogP contribution in [0.4, 0.5) is 0 Å². The number of aromatic nitrogens is 2. The van der Waals surface area contributed by atoms with Crippen LogP contribution in [-0.4, -0.2) is 35.6 Å². The largest absolute Gasteiger partial charge is 0.493 e. The Kier molecular flexibility index (Phi) is 5.76. The molecule has 0 saturated carbocycles. The van der Waals surface area contributed by atoms with Crippen LogP contribution in [-0.2, 0) is 11.2 Å². The van der Waals surface area contributed by atoms with E-state index in [1.807, 2.05) is 32.0 Å². The van der Waals surface area contributed by atoms with Gasteiger partial charge in [0.1, 0.15) is 11.4 Å². The highest BCUT2D eigenvalue weighted by Crippen LogP contribution is 2.20. The first-order chi connectivity index (χ1) is 12.1. The first kappa shape index (κ1) is 17.5. The van der Waals surface area contributed by atoms with Crippen LogP contribution in [0.1, 0.15) is 40.3 Å². The van der Waals surface area contributed by atoms with Gasteiger partial charge in [-0.3, -0.25) is 9.78 Å². The first-order valence-electron chi connectivity index (χ1n) is 8.74. The molecule has 1 aliphatic heterocycles. The van der Waals surface area contributed by atoms with Gasteiger partial charge in [0, 0.05) is 42.9 Å². The van der Waals surface area contributed by atoms with Crippen molar-refractivity contribution in [2.75, 3.05) is 19.8 Å². The van der Waals surface area contributed by atoms with Crippen molar-refractivity contribution >= 4 is 5.78 Å². The summed E-state index contributed by atoms with van der Waals surface area (Å²) in [6, 6.07) is 7.45. The highest BCUT2D eigenvalue weighted by atomic mass is 16.5. The number of hydrogen-bond acceptors (Lipinski definition) is 5. The molecule has 132 valence electrons. The number of ether oxygens (including phenoxy) is 2. The molecule has 0 unspecified atom stereocenters. The van der Waals surface area contributed by atoms with Crippen LogP contribution in [0.5, 0.6) is 5.75 Å². The topological polar surface area (TPSA) is 61.3 Å². The molecule has 2 aromatic heterocycles. The van der Waals surface area contributed by atoms with Gasteiger partial charge in [0.2, 0.25) is 0 Å². The number of nitrogens with zero attached hydrogens (tertiary/aromatic N) is 2. The fraction of sp³-hybridized carbons (Fsp3) is 0.450. The molecule has 25 heavy (non-hydrogen) atoms. The summed E-state index contributed by atoms with van der Waals surface area (Å²) in [4.78, 5) is 21.2. The molecule has 0 spiro atoms. The van der Waals surface area contributed by atoms with Gasteiger partial charge < -0.3 is 9.47 Å². The molecule has 5 heteroatoms. The van der Waals surface area contributed by atoms with E-state index in [0.29, 0.717) is 24.0 Å². The summed E-state index contributed by atoms with van der Waals surface area (Å²) in [5.74, 6) is 1.17. The van der Waals surface area contributed by atoms with Crippen LogP contribution in [0.2, 0.25) is 0 Å². The van der Waals surface area contributed by atoms with Gasteiger partial charge in [-0.05, 0) is 44.2 Å². The molecular weight excluding hydrogens is 316 g/mol. The van der Waals surface area contributed by atoms with E-state index in [1.165, 1.54) is 0 Å². The maximum absolute atomic E-state index is 12.5. The third kappa shape index (κ3) is 5.10. The van der Waals surface area contributed by atoms with E-state index in [-0.39, 0.29) is 12.2 Å². The lowest BCUT2D eigenvalue weighted by Crippen LogP contribution is -2.21. The predicted octanol–water partition coefficient (Wildman–Crippen LogP) is 3.32. The Morgan fingerprint density at radius 2 is 2.04 bits per heavy atom. The predicted molar refractivity (Wildman–Crippen MR) is 95.0 cm³/mol. The first-order valence-corrected chi connectivity index (χ1v) is 8.74. The van der Waals surface area contributed by atoms with Gasteiger partial charge in [0.25, 0.3) is 0 Å². The van der Waals surface area contributed by atoms with Gasteiger partial charge in [-0.25, -0.2) is 4.98 Å². The number of aryl methyl sites for hydroxylation is 2. The van der Waals surface area contributed by atoms with E-state index in [1.54, 1.807) is 12.3 Å². The van der Waals surface area contributed by atoms with Crippen LogP contribution in [0, 0.1) is 19.8 Å². The van der Waals surface area contributed by atoms with Crippen molar-refractivity contribution in [3.63, 3.8) is 0 Å². The van der Waals surface area contributed by atoms with E-state index >= 15 is 0 Å². The van der Waals surface area contributed by atoms with Gasteiger partial charge in [-0.15, -0.1) is 0 Å². The second kappa shape index (κ2) is 8.21. The quantitative estimate of drug-likeness (QED) is 0.755.